The number of benzene rings is 1. The zero-order chi connectivity index (χ0) is 10.7. The molecule has 0 aromatic heterocycles. The minimum atomic E-state index is 0.501. The Bertz CT molecular complexity index is 305. The summed E-state index contributed by atoms with van der Waals surface area (Å²) in [5.41, 5.74) is 9.53. The number of rotatable bonds is 3. The first-order valence-corrected chi connectivity index (χ1v) is 5.09. The molecule has 2 heteroatoms. The predicted octanol–water partition coefficient (Wildman–Crippen LogP) is 2.30. The van der Waals surface area contributed by atoms with Crippen LogP contribution in [-0.4, -0.2) is 13.1 Å². The molecule has 0 atom stereocenters. The molecule has 0 fully saturated rings. The molecule has 0 saturated carbocycles. The smallest absolute Gasteiger partial charge is 0.0441 e. The van der Waals surface area contributed by atoms with Gasteiger partial charge in [-0.3, -0.25) is 0 Å². The molecule has 0 amide bonds. The maximum atomic E-state index is 5.73. The van der Waals surface area contributed by atoms with Crippen molar-refractivity contribution in [2.75, 3.05) is 11.9 Å². The standard InChI is InChI=1S/C12H20N2/c1-9(2)14(4)12-10(3)6-5-7-11(12)8-13/h5-7,9H,8,13H2,1-4H3. The molecule has 1 aromatic carbocycles. The van der Waals surface area contributed by atoms with Gasteiger partial charge in [0.2, 0.25) is 0 Å². The third-order valence-electron chi connectivity index (χ3n) is 2.67. The minimum Gasteiger partial charge on any atom is -0.372 e. The molecule has 0 saturated heterocycles. The Kier molecular flexibility index (Phi) is 3.53. The van der Waals surface area contributed by atoms with Gasteiger partial charge in [-0.25, -0.2) is 0 Å². The largest absolute Gasteiger partial charge is 0.372 e. The Balaban J connectivity index is 3.16. The van der Waals surface area contributed by atoms with Crippen molar-refractivity contribution in [2.24, 2.45) is 5.73 Å². The number of aryl methyl sites for hydroxylation is 1. The number of nitrogens with zero attached hydrogens (tertiary/aromatic N) is 1. The second kappa shape index (κ2) is 4.47. The van der Waals surface area contributed by atoms with Crippen molar-refractivity contribution in [3.8, 4) is 0 Å². The van der Waals surface area contributed by atoms with Crippen LogP contribution in [0.2, 0.25) is 0 Å². The average Bonchev–Trinajstić information content (AvgIpc) is 2.16. The quantitative estimate of drug-likeness (QED) is 0.796. The molecular formula is C12H20N2. The van der Waals surface area contributed by atoms with E-state index in [1.807, 2.05) is 0 Å². The van der Waals surface area contributed by atoms with Gasteiger partial charge in [0.25, 0.3) is 0 Å². The molecule has 0 spiro atoms. The van der Waals surface area contributed by atoms with Crippen LogP contribution in [0.5, 0.6) is 0 Å². The van der Waals surface area contributed by atoms with E-state index in [9.17, 15) is 0 Å². The van der Waals surface area contributed by atoms with E-state index in [4.69, 9.17) is 5.73 Å². The van der Waals surface area contributed by atoms with Crippen molar-refractivity contribution >= 4 is 5.69 Å². The van der Waals surface area contributed by atoms with Gasteiger partial charge in [-0.05, 0) is 31.9 Å². The molecule has 0 heterocycles. The maximum Gasteiger partial charge on any atom is 0.0441 e. The summed E-state index contributed by atoms with van der Waals surface area (Å²) in [6.07, 6.45) is 0. The molecule has 14 heavy (non-hydrogen) atoms. The van der Waals surface area contributed by atoms with E-state index in [0.717, 1.165) is 0 Å². The lowest BCUT2D eigenvalue weighted by atomic mass is 10.1. The topological polar surface area (TPSA) is 29.3 Å². The Morgan fingerprint density at radius 3 is 2.50 bits per heavy atom. The summed E-state index contributed by atoms with van der Waals surface area (Å²) in [7, 11) is 2.12. The lowest BCUT2D eigenvalue weighted by Crippen LogP contribution is -2.27. The van der Waals surface area contributed by atoms with Crippen LogP contribution >= 0.6 is 0 Å². The van der Waals surface area contributed by atoms with Crippen LogP contribution in [0.15, 0.2) is 18.2 Å². The van der Waals surface area contributed by atoms with Crippen molar-refractivity contribution in [1.29, 1.82) is 0 Å². The number of nitrogens with two attached hydrogens (primary N) is 1. The second-order valence-corrected chi connectivity index (χ2v) is 3.99. The van der Waals surface area contributed by atoms with Crippen molar-refractivity contribution in [1.82, 2.24) is 0 Å². The third kappa shape index (κ3) is 2.07. The Morgan fingerprint density at radius 1 is 1.36 bits per heavy atom. The number of hydrogen-bond acceptors (Lipinski definition) is 2. The van der Waals surface area contributed by atoms with Crippen LogP contribution in [0.1, 0.15) is 25.0 Å². The minimum absolute atomic E-state index is 0.501. The summed E-state index contributed by atoms with van der Waals surface area (Å²) in [6.45, 7) is 7.11. The van der Waals surface area contributed by atoms with E-state index in [-0.39, 0.29) is 0 Å². The van der Waals surface area contributed by atoms with Crippen LogP contribution in [-0.2, 0) is 6.54 Å². The van der Waals surface area contributed by atoms with Crippen LogP contribution in [0.3, 0.4) is 0 Å². The van der Waals surface area contributed by atoms with Gasteiger partial charge in [0, 0.05) is 25.3 Å². The monoisotopic (exact) mass is 192 g/mol. The highest BCUT2D eigenvalue weighted by Gasteiger charge is 2.11. The van der Waals surface area contributed by atoms with Gasteiger partial charge in [0.15, 0.2) is 0 Å². The lowest BCUT2D eigenvalue weighted by molar-refractivity contribution is 0.746. The van der Waals surface area contributed by atoms with Crippen LogP contribution < -0.4 is 10.6 Å². The highest BCUT2D eigenvalue weighted by Crippen LogP contribution is 2.25. The fourth-order valence-electron chi connectivity index (χ4n) is 1.65. The molecule has 2 nitrogen and oxygen atoms in total. The molecule has 0 unspecified atom stereocenters. The summed E-state index contributed by atoms with van der Waals surface area (Å²) in [5, 5.41) is 0. The fourth-order valence-corrected chi connectivity index (χ4v) is 1.65. The Morgan fingerprint density at radius 2 is 2.00 bits per heavy atom. The van der Waals surface area contributed by atoms with Gasteiger partial charge in [0.05, 0.1) is 0 Å². The third-order valence-corrected chi connectivity index (χ3v) is 2.67. The Labute approximate surface area is 86.7 Å². The number of hydrogen-bond donors (Lipinski definition) is 1. The zero-order valence-electron chi connectivity index (χ0n) is 9.54. The molecule has 0 aliphatic carbocycles. The highest BCUT2D eigenvalue weighted by molar-refractivity contribution is 5.59. The molecular weight excluding hydrogens is 172 g/mol. The second-order valence-electron chi connectivity index (χ2n) is 3.99. The summed E-state index contributed by atoms with van der Waals surface area (Å²) in [5.74, 6) is 0. The molecule has 0 aliphatic heterocycles. The normalized spacial score (nSPS) is 10.7. The van der Waals surface area contributed by atoms with Gasteiger partial charge >= 0.3 is 0 Å². The van der Waals surface area contributed by atoms with Crippen molar-refractivity contribution in [3.63, 3.8) is 0 Å². The first-order valence-electron chi connectivity index (χ1n) is 5.09. The predicted molar refractivity (Wildman–Crippen MR) is 62.6 cm³/mol. The lowest BCUT2D eigenvalue weighted by Gasteiger charge is -2.28. The van der Waals surface area contributed by atoms with Crippen molar-refractivity contribution < 1.29 is 0 Å². The van der Waals surface area contributed by atoms with Gasteiger partial charge in [-0.15, -0.1) is 0 Å². The summed E-state index contributed by atoms with van der Waals surface area (Å²) in [6, 6.07) is 6.80. The first-order chi connectivity index (χ1) is 6.57. The summed E-state index contributed by atoms with van der Waals surface area (Å²) >= 11 is 0. The van der Waals surface area contributed by atoms with Crippen molar-refractivity contribution in [3.05, 3.63) is 29.3 Å². The number of para-hydroxylation sites is 1. The average molecular weight is 192 g/mol. The van der Waals surface area contributed by atoms with E-state index in [0.29, 0.717) is 12.6 Å². The van der Waals surface area contributed by atoms with E-state index in [1.54, 1.807) is 0 Å². The van der Waals surface area contributed by atoms with E-state index in [1.165, 1.54) is 16.8 Å². The van der Waals surface area contributed by atoms with Gasteiger partial charge in [0.1, 0.15) is 0 Å². The molecule has 0 bridgehead atoms. The van der Waals surface area contributed by atoms with E-state index >= 15 is 0 Å². The SMILES string of the molecule is Cc1cccc(CN)c1N(C)C(C)C. The first kappa shape index (κ1) is 11.1. The summed E-state index contributed by atoms with van der Waals surface area (Å²) in [4.78, 5) is 2.28. The highest BCUT2D eigenvalue weighted by atomic mass is 15.1. The van der Waals surface area contributed by atoms with E-state index < -0.39 is 0 Å². The van der Waals surface area contributed by atoms with Crippen LogP contribution in [0, 0.1) is 6.92 Å². The number of anilines is 1. The van der Waals surface area contributed by atoms with Crippen LogP contribution in [0.25, 0.3) is 0 Å². The van der Waals surface area contributed by atoms with Gasteiger partial charge in [-0.1, -0.05) is 18.2 Å². The molecule has 1 aromatic rings. The van der Waals surface area contributed by atoms with Crippen LogP contribution in [0.4, 0.5) is 5.69 Å². The fraction of sp³-hybridized carbons (Fsp3) is 0.500. The Hall–Kier alpha value is -1.02. The van der Waals surface area contributed by atoms with E-state index in [2.05, 4.69) is 50.9 Å². The molecule has 0 radical (unpaired) electrons. The molecule has 78 valence electrons. The van der Waals surface area contributed by atoms with Crippen molar-refractivity contribution in [2.45, 2.75) is 33.4 Å². The van der Waals surface area contributed by atoms with Gasteiger partial charge in [-0.2, -0.15) is 0 Å². The molecule has 0 aliphatic rings. The summed E-state index contributed by atoms with van der Waals surface area (Å²) < 4.78 is 0. The zero-order valence-corrected chi connectivity index (χ0v) is 9.54. The van der Waals surface area contributed by atoms with Gasteiger partial charge < -0.3 is 10.6 Å². The molecule has 2 N–H and O–H groups in total. The molecule has 1 rings (SSSR count). The maximum absolute atomic E-state index is 5.73.